The summed E-state index contributed by atoms with van der Waals surface area (Å²) in [6.45, 7) is 2.35. The van der Waals surface area contributed by atoms with E-state index in [0.717, 1.165) is 17.7 Å². The number of fused-ring (bicyclic) bond motifs is 1. The number of hydrogen-bond acceptors (Lipinski definition) is 3. The Morgan fingerprint density at radius 2 is 1.76 bits per heavy atom. The quantitative estimate of drug-likeness (QED) is 0.937. The van der Waals surface area contributed by atoms with Crippen LogP contribution in [0.5, 0.6) is 11.5 Å². The van der Waals surface area contributed by atoms with E-state index in [1.807, 2.05) is 18.2 Å². The van der Waals surface area contributed by atoms with E-state index >= 15 is 0 Å². The second-order valence-corrected chi connectivity index (χ2v) is 4.96. The minimum absolute atomic E-state index is 0.0434. The Bertz CT molecular complexity index is 650. The summed E-state index contributed by atoms with van der Waals surface area (Å²) >= 11 is 0. The molecular formula is C17H17NO3. The number of nitrogens with one attached hydrogen (secondary N) is 1. The van der Waals surface area contributed by atoms with Gasteiger partial charge in [-0.25, -0.2) is 0 Å². The molecule has 1 aliphatic rings. The fourth-order valence-corrected chi connectivity index (χ4v) is 2.26. The van der Waals surface area contributed by atoms with E-state index < -0.39 is 0 Å². The number of carbonyl (C=O) groups is 1. The highest BCUT2D eigenvalue weighted by atomic mass is 16.7. The topological polar surface area (TPSA) is 47.6 Å². The predicted octanol–water partition coefficient (Wildman–Crippen LogP) is 3.16. The first-order chi connectivity index (χ1) is 10.2. The van der Waals surface area contributed by atoms with Gasteiger partial charge in [0, 0.05) is 11.8 Å². The Hall–Kier alpha value is -2.49. The summed E-state index contributed by atoms with van der Waals surface area (Å²) in [6, 6.07) is 13.5. The van der Waals surface area contributed by atoms with Gasteiger partial charge in [-0.05, 0) is 29.7 Å². The van der Waals surface area contributed by atoms with Gasteiger partial charge in [0.25, 0.3) is 0 Å². The highest BCUT2D eigenvalue weighted by Gasteiger charge is 2.14. The van der Waals surface area contributed by atoms with Crippen LogP contribution in [-0.2, 0) is 17.6 Å². The van der Waals surface area contributed by atoms with E-state index in [4.69, 9.17) is 9.47 Å². The lowest BCUT2D eigenvalue weighted by molar-refractivity contribution is -0.115. The molecular weight excluding hydrogens is 266 g/mol. The lowest BCUT2D eigenvalue weighted by Gasteiger charge is -2.07. The minimum Gasteiger partial charge on any atom is -0.454 e. The Kier molecular flexibility index (Phi) is 3.77. The van der Waals surface area contributed by atoms with Gasteiger partial charge in [0.1, 0.15) is 0 Å². The van der Waals surface area contributed by atoms with Crippen LogP contribution in [0.25, 0.3) is 0 Å². The number of benzene rings is 2. The van der Waals surface area contributed by atoms with Crippen LogP contribution in [0.2, 0.25) is 0 Å². The molecule has 0 aliphatic carbocycles. The molecule has 0 aromatic heterocycles. The molecule has 0 saturated carbocycles. The number of hydrogen-bond donors (Lipinski definition) is 1. The van der Waals surface area contributed by atoms with Gasteiger partial charge in [0.15, 0.2) is 11.5 Å². The summed E-state index contributed by atoms with van der Waals surface area (Å²) in [6.07, 6.45) is 1.36. The molecule has 1 heterocycles. The summed E-state index contributed by atoms with van der Waals surface area (Å²) in [7, 11) is 0. The molecule has 2 aromatic rings. The van der Waals surface area contributed by atoms with Gasteiger partial charge in [0.05, 0.1) is 6.42 Å². The van der Waals surface area contributed by atoms with Crippen LogP contribution in [0.4, 0.5) is 5.69 Å². The Balaban J connectivity index is 1.63. The smallest absolute Gasteiger partial charge is 0.231 e. The van der Waals surface area contributed by atoms with Gasteiger partial charge in [-0.2, -0.15) is 0 Å². The molecule has 4 heteroatoms. The average Bonchev–Trinajstić information content (AvgIpc) is 2.95. The molecule has 1 amide bonds. The van der Waals surface area contributed by atoms with Crippen molar-refractivity contribution < 1.29 is 14.3 Å². The maximum absolute atomic E-state index is 12.1. The maximum atomic E-state index is 12.1. The van der Waals surface area contributed by atoms with Crippen molar-refractivity contribution in [2.24, 2.45) is 0 Å². The van der Waals surface area contributed by atoms with E-state index in [0.29, 0.717) is 17.9 Å². The van der Waals surface area contributed by atoms with Crippen molar-refractivity contribution in [2.45, 2.75) is 19.8 Å². The van der Waals surface area contributed by atoms with Gasteiger partial charge >= 0.3 is 0 Å². The third kappa shape index (κ3) is 3.16. The lowest BCUT2D eigenvalue weighted by atomic mass is 10.1. The van der Waals surface area contributed by atoms with Crippen molar-refractivity contribution in [2.75, 3.05) is 12.1 Å². The fraction of sp³-hybridized carbons (Fsp3) is 0.235. The standard InChI is InChI=1S/C17H17NO3/c1-2-12-3-5-13(6-4-12)9-17(19)18-14-7-8-15-16(10-14)21-11-20-15/h3-8,10H,2,9,11H2,1H3,(H,18,19). The van der Waals surface area contributed by atoms with Crippen LogP contribution in [-0.4, -0.2) is 12.7 Å². The molecule has 0 bridgehead atoms. The second kappa shape index (κ2) is 5.87. The van der Waals surface area contributed by atoms with Gasteiger partial charge in [-0.15, -0.1) is 0 Å². The van der Waals surface area contributed by atoms with Crippen LogP contribution in [0.1, 0.15) is 18.1 Å². The SMILES string of the molecule is CCc1ccc(CC(=O)Nc2ccc3c(c2)OCO3)cc1. The molecule has 108 valence electrons. The molecule has 0 fully saturated rings. The first-order valence-electron chi connectivity index (χ1n) is 7.02. The Morgan fingerprint density at radius 1 is 1.05 bits per heavy atom. The van der Waals surface area contributed by atoms with Crippen molar-refractivity contribution in [1.82, 2.24) is 0 Å². The van der Waals surface area contributed by atoms with Crippen LogP contribution in [0.15, 0.2) is 42.5 Å². The first-order valence-corrected chi connectivity index (χ1v) is 7.02. The monoisotopic (exact) mass is 283 g/mol. The molecule has 0 spiro atoms. The molecule has 3 rings (SSSR count). The average molecular weight is 283 g/mol. The molecule has 21 heavy (non-hydrogen) atoms. The summed E-state index contributed by atoms with van der Waals surface area (Å²) in [5, 5.41) is 2.87. The maximum Gasteiger partial charge on any atom is 0.231 e. The zero-order valence-corrected chi connectivity index (χ0v) is 11.9. The number of carbonyl (C=O) groups excluding carboxylic acids is 1. The van der Waals surface area contributed by atoms with Crippen LogP contribution < -0.4 is 14.8 Å². The van der Waals surface area contributed by atoms with Gasteiger partial charge in [0.2, 0.25) is 12.7 Å². The van der Waals surface area contributed by atoms with Crippen molar-refractivity contribution in [3.05, 3.63) is 53.6 Å². The summed E-state index contributed by atoms with van der Waals surface area (Å²) < 4.78 is 10.5. The van der Waals surface area contributed by atoms with Crippen LogP contribution >= 0.6 is 0 Å². The van der Waals surface area contributed by atoms with Gasteiger partial charge in [-0.1, -0.05) is 31.2 Å². The van der Waals surface area contributed by atoms with E-state index in [9.17, 15) is 4.79 Å². The summed E-state index contributed by atoms with van der Waals surface area (Å²) in [4.78, 5) is 12.1. The normalized spacial score (nSPS) is 12.2. The number of anilines is 1. The molecule has 1 aliphatic heterocycles. The molecule has 1 N–H and O–H groups in total. The molecule has 4 nitrogen and oxygen atoms in total. The molecule has 0 saturated heterocycles. The van der Waals surface area contributed by atoms with E-state index in [2.05, 4.69) is 24.4 Å². The zero-order valence-electron chi connectivity index (χ0n) is 11.9. The molecule has 0 atom stereocenters. The number of ether oxygens (including phenoxy) is 2. The summed E-state index contributed by atoms with van der Waals surface area (Å²) in [5.41, 5.74) is 3.00. The lowest BCUT2D eigenvalue weighted by Crippen LogP contribution is -2.14. The highest BCUT2D eigenvalue weighted by molar-refractivity contribution is 5.92. The van der Waals surface area contributed by atoms with Crippen molar-refractivity contribution in [3.63, 3.8) is 0 Å². The molecule has 0 unspecified atom stereocenters. The van der Waals surface area contributed by atoms with Crippen molar-refractivity contribution >= 4 is 11.6 Å². The number of aryl methyl sites for hydroxylation is 1. The Morgan fingerprint density at radius 3 is 2.52 bits per heavy atom. The zero-order chi connectivity index (χ0) is 14.7. The number of rotatable bonds is 4. The third-order valence-electron chi connectivity index (χ3n) is 3.45. The largest absolute Gasteiger partial charge is 0.454 e. The minimum atomic E-state index is -0.0434. The highest BCUT2D eigenvalue weighted by Crippen LogP contribution is 2.34. The Labute approximate surface area is 123 Å². The molecule has 2 aromatic carbocycles. The predicted molar refractivity (Wildman–Crippen MR) is 80.7 cm³/mol. The fourth-order valence-electron chi connectivity index (χ4n) is 2.26. The first kappa shape index (κ1) is 13.5. The van der Waals surface area contributed by atoms with E-state index in [1.165, 1.54) is 5.56 Å². The summed E-state index contributed by atoms with van der Waals surface area (Å²) in [5.74, 6) is 1.33. The van der Waals surface area contributed by atoms with Crippen LogP contribution in [0, 0.1) is 0 Å². The molecule has 0 radical (unpaired) electrons. The second-order valence-electron chi connectivity index (χ2n) is 4.96. The van der Waals surface area contributed by atoms with Gasteiger partial charge in [-0.3, -0.25) is 4.79 Å². The van der Waals surface area contributed by atoms with Gasteiger partial charge < -0.3 is 14.8 Å². The van der Waals surface area contributed by atoms with Crippen LogP contribution in [0.3, 0.4) is 0 Å². The van der Waals surface area contributed by atoms with E-state index in [-0.39, 0.29) is 12.7 Å². The van der Waals surface area contributed by atoms with Crippen molar-refractivity contribution in [1.29, 1.82) is 0 Å². The van der Waals surface area contributed by atoms with Crippen molar-refractivity contribution in [3.8, 4) is 11.5 Å². The third-order valence-corrected chi connectivity index (χ3v) is 3.45. The van der Waals surface area contributed by atoms with E-state index in [1.54, 1.807) is 12.1 Å². The number of amides is 1.